The molecule has 0 aliphatic heterocycles. The fourth-order valence-electron chi connectivity index (χ4n) is 1.20. The van der Waals surface area contributed by atoms with Crippen LogP contribution in [0.5, 0.6) is 0 Å². The highest BCUT2D eigenvalue weighted by Crippen LogP contribution is 2.08. The van der Waals surface area contributed by atoms with Crippen LogP contribution in [0.25, 0.3) is 0 Å². The lowest BCUT2D eigenvalue weighted by Crippen LogP contribution is -2.29. The molecule has 0 saturated carbocycles. The van der Waals surface area contributed by atoms with E-state index in [2.05, 4.69) is 10.6 Å². The summed E-state index contributed by atoms with van der Waals surface area (Å²) in [6.07, 6.45) is 0. The minimum Gasteiger partial charge on any atom is -0.376 e. The van der Waals surface area contributed by atoms with Crippen LogP contribution in [-0.2, 0) is 4.79 Å². The molecule has 0 aliphatic carbocycles. The predicted octanol–water partition coefficient (Wildman–Crippen LogP) is 1.54. The average molecular weight is 192 g/mol. The van der Waals surface area contributed by atoms with E-state index in [9.17, 15) is 4.79 Å². The lowest BCUT2D eigenvalue weighted by Gasteiger charge is -2.06. The van der Waals surface area contributed by atoms with E-state index in [1.165, 1.54) is 5.56 Å². The lowest BCUT2D eigenvalue weighted by molar-refractivity contribution is -0.119. The Labute approximate surface area is 84.5 Å². The highest BCUT2D eigenvalue weighted by atomic mass is 16.1. The Morgan fingerprint density at radius 2 is 2.21 bits per heavy atom. The van der Waals surface area contributed by atoms with Crippen molar-refractivity contribution in [2.24, 2.45) is 0 Å². The molecule has 1 aromatic carbocycles. The summed E-state index contributed by atoms with van der Waals surface area (Å²) in [7, 11) is 0. The summed E-state index contributed by atoms with van der Waals surface area (Å²) in [6.45, 7) is 4.94. The van der Waals surface area contributed by atoms with Crippen molar-refractivity contribution in [1.29, 1.82) is 0 Å². The van der Waals surface area contributed by atoms with E-state index >= 15 is 0 Å². The zero-order chi connectivity index (χ0) is 10.4. The maximum absolute atomic E-state index is 11.1. The quantitative estimate of drug-likeness (QED) is 0.759. The average Bonchev–Trinajstić information content (AvgIpc) is 2.15. The number of carbonyl (C=O) groups excluding carboxylic acids is 1. The van der Waals surface area contributed by atoms with Gasteiger partial charge in [-0.25, -0.2) is 0 Å². The van der Waals surface area contributed by atoms with Gasteiger partial charge in [0.05, 0.1) is 6.54 Å². The zero-order valence-electron chi connectivity index (χ0n) is 8.63. The molecule has 0 radical (unpaired) electrons. The van der Waals surface area contributed by atoms with Crippen molar-refractivity contribution in [3.63, 3.8) is 0 Å². The van der Waals surface area contributed by atoms with Crippen LogP contribution < -0.4 is 10.6 Å². The normalized spacial score (nSPS) is 9.57. The first-order valence-corrected chi connectivity index (χ1v) is 4.79. The van der Waals surface area contributed by atoms with E-state index < -0.39 is 0 Å². The molecule has 2 N–H and O–H groups in total. The summed E-state index contributed by atoms with van der Waals surface area (Å²) in [6, 6.07) is 7.96. The second kappa shape index (κ2) is 5.27. The van der Waals surface area contributed by atoms with Gasteiger partial charge in [-0.05, 0) is 31.5 Å². The van der Waals surface area contributed by atoms with Gasteiger partial charge in [0.15, 0.2) is 0 Å². The molecule has 1 rings (SSSR count). The van der Waals surface area contributed by atoms with Crippen molar-refractivity contribution in [3.05, 3.63) is 29.8 Å². The number of likely N-dealkylation sites (N-methyl/N-ethyl adjacent to an activating group) is 1. The molecule has 3 nitrogen and oxygen atoms in total. The molecule has 0 fully saturated rings. The van der Waals surface area contributed by atoms with Gasteiger partial charge in [0.25, 0.3) is 0 Å². The second-order valence-corrected chi connectivity index (χ2v) is 3.18. The predicted molar refractivity (Wildman–Crippen MR) is 58.4 cm³/mol. The molecule has 1 amide bonds. The molecule has 14 heavy (non-hydrogen) atoms. The molecule has 3 heteroatoms. The molecule has 0 aliphatic rings. The van der Waals surface area contributed by atoms with Crippen LogP contribution in [0, 0.1) is 6.92 Å². The van der Waals surface area contributed by atoms with Gasteiger partial charge in [0.1, 0.15) is 0 Å². The van der Waals surface area contributed by atoms with E-state index in [1.807, 2.05) is 38.1 Å². The minimum atomic E-state index is 0.0222. The van der Waals surface area contributed by atoms with E-state index in [1.54, 1.807) is 0 Å². The molecular formula is C11H16N2O. The van der Waals surface area contributed by atoms with Crippen LogP contribution in [-0.4, -0.2) is 19.0 Å². The first kappa shape index (κ1) is 10.6. The van der Waals surface area contributed by atoms with Gasteiger partial charge in [0, 0.05) is 12.2 Å². The lowest BCUT2D eigenvalue weighted by atomic mass is 10.2. The van der Waals surface area contributed by atoms with Crippen molar-refractivity contribution in [2.75, 3.05) is 18.4 Å². The maximum atomic E-state index is 11.1. The summed E-state index contributed by atoms with van der Waals surface area (Å²) in [5, 5.41) is 5.79. The molecular weight excluding hydrogens is 176 g/mol. The third-order valence-electron chi connectivity index (χ3n) is 1.85. The Hall–Kier alpha value is -1.51. The van der Waals surface area contributed by atoms with Gasteiger partial charge in [0.2, 0.25) is 5.91 Å². The van der Waals surface area contributed by atoms with E-state index in [0.29, 0.717) is 13.1 Å². The fourth-order valence-corrected chi connectivity index (χ4v) is 1.20. The summed E-state index contributed by atoms with van der Waals surface area (Å²) >= 11 is 0. The minimum absolute atomic E-state index is 0.0222. The number of aryl methyl sites for hydroxylation is 1. The van der Waals surface area contributed by atoms with Gasteiger partial charge in [-0.2, -0.15) is 0 Å². The molecule has 0 saturated heterocycles. The van der Waals surface area contributed by atoms with Crippen molar-refractivity contribution in [3.8, 4) is 0 Å². The Kier molecular flexibility index (Phi) is 3.98. The molecule has 0 heterocycles. The molecule has 0 bridgehead atoms. The Morgan fingerprint density at radius 1 is 1.43 bits per heavy atom. The smallest absolute Gasteiger partial charge is 0.239 e. The van der Waals surface area contributed by atoms with Crippen molar-refractivity contribution in [2.45, 2.75) is 13.8 Å². The maximum Gasteiger partial charge on any atom is 0.239 e. The summed E-state index contributed by atoms with van der Waals surface area (Å²) in [4.78, 5) is 11.1. The highest BCUT2D eigenvalue weighted by Gasteiger charge is 1.98. The fraction of sp³-hybridized carbons (Fsp3) is 0.364. The van der Waals surface area contributed by atoms with Gasteiger partial charge in [-0.1, -0.05) is 12.1 Å². The summed E-state index contributed by atoms with van der Waals surface area (Å²) < 4.78 is 0. The van der Waals surface area contributed by atoms with Gasteiger partial charge < -0.3 is 10.6 Å². The number of benzene rings is 1. The van der Waals surface area contributed by atoms with Gasteiger partial charge in [-0.3, -0.25) is 4.79 Å². The van der Waals surface area contributed by atoms with Gasteiger partial charge in [-0.15, -0.1) is 0 Å². The van der Waals surface area contributed by atoms with Crippen LogP contribution >= 0.6 is 0 Å². The van der Waals surface area contributed by atoms with E-state index in [-0.39, 0.29) is 5.91 Å². The number of carbonyl (C=O) groups is 1. The zero-order valence-corrected chi connectivity index (χ0v) is 8.63. The van der Waals surface area contributed by atoms with Crippen LogP contribution in [0.3, 0.4) is 0 Å². The Balaban J connectivity index is 2.41. The standard InChI is InChI=1S/C11H16N2O/c1-3-12-11(14)8-13-10-6-4-5-9(2)7-10/h4-7,13H,3,8H2,1-2H3,(H,12,14). The molecule has 0 aromatic heterocycles. The first-order chi connectivity index (χ1) is 6.72. The SMILES string of the molecule is CCNC(=O)CNc1cccc(C)c1. The van der Waals surface area contributed by atoms with Crippen LogP contribution in [0.1, 0.15) is 12.5 Å². The van der Waals surface area contributed by atoms with Gasteiger partial charge >= 0.3 is 0 Å². The molecule has 0 spiro atoms. The summed E-state index contributed by atoms with van der Waals surface area (Å²) in [5.74, 6) is 0.0222. The van der Waals surface area contributed by atoms with Crippen molar-refractivity contribution in [1.82, 2.24) is 5.32 Å². The molecule has 1 aromatic rings. The Bertz CT molecular complexity index is 310. The third kappa shape index (κ3) is 3.47. The second-order valence-electron chi connectivity index (χ2n) is 3.18. The topological polar surface area (TPSA) is 41.1 Å². The largest absolute Gasteiger partial charge is 0.376 e. The highest BCUT2D eigenvalue weighted by molar-refractivity contribution is 5.80. The molecule has 76 valence electrons. The van der Waals surface area contributed by atoms with Crippen LogP contribution in [0.15, 0.2) is 24.3 Å². The van der Waals surface area contributed by atoms with E-state index in [0.717, 1.165) is 5.69 Å². The Morgan fingerprint density at radius 3 is 2.86 bits per heavy atom. The number of rotatable bonds is 4. The number of anilines is 1. The monoisotopic (exact) mass is 192 g/mol. The first-order valence-electron chi connectivity index (χ1n) is 4.79. The number of amides is 1. The molecule has 0 unspecified atom stereocenters. The van der Waals surface area contributed by atoms with Crippen molar-refractivity contribution < 1.29 is 4.79 Å². The van der Waals surface area contributed by atoms with Crippen molar-refractivity contribution >= 4 is 11.6 Å². The van der Waals surface area contributed by atoms with E-state index in [4.69, 9.17) is 0 Å². The molecule has 0 atom stereocenters. The van der Waals surface area contributed by atoms with Crippen LogP contribution in [0.2, 0.25) is 0 Å². The van der Waals surface area contributed by atoms with Crippen LogP contribution in [0.4, 0.5) is 5.69 Å². The summed E-state index contributed by atoms with van der Waals surface area (Å²) in [5.41, 5.74) is 2.17. The number of hydrogen-bond acceptors (Lipinski definition) is 2. The number of hydrogen-bond donors (Lipinski definition) is 2. The number of nitrogens with one attached hydrogen (secondary N) is 2. The third-order valence-corrected chi connectivity index (χ3v) is 1.85.